The molecule has 2 nitrogen and oxygen atoms in total. The molecule has 2 aliphatic rings. The summed E-state index contributed by atoms with van der Waals surface area (Å²) in [5.74, 6) is 7.45. The average molecular weight is 362 g/mol. The first-order valence-corrected chi connectivity index (χ1v) is 9.42. The van der Waals surface area contributed by atoms with E-state index in [0.29, 0.717) is 0 Å². The highest BCUT2D eigenvalue weighted by atomic mass is 15.0. The molecule has 1 aliphatic heterocycles. The number of nitrogens with zero attached hydrogens (tertiary/aromatic N) is 1. The minimum Gasteiger partial charge on any atom is -0.339 e. The second-order valence-electron chi connectivity index (χ2n) is 7.06. The van der Waals surface area contributed by atoms with E-state index in [0.717, 1.165) is 33.9 Å². The second-order valence-corrected chi connectivity index (χ2v) is 7.06. The van der Waals surface area contributed by atoms with Crippen LogP contribution in [0.4, 0.5) is 11.5 Å². The zero-order valence-electron chi connectivity index (χ0n) is 16.4. The molecular formula is C26H22N2. The summed E-state index contributed by atoms with van der Waals surface area (Å²) < 4.78 is 0. The number of nitrogens with one attached hydrogen (secondary N) is 1. The van der Waals surface area contributed by atoms with E-state index in [-0.39, 0.29) is 0 Å². The van der Waals surface area contributed by atoms with Crippen LogP contribution in [0.2, 0.25) is 0 Å². The molecule has 0 aromatic heterocycles. The summed E-state index contributed by atoms with van der Waals surface area (Å²) >= 11 is 0. The number of fused-ring (bicyclic) bond motifs is 1. The van der Waals surface area contributed by atoms with Crippen molar-refractivity contribution in [3.63, 3.8) is 0 Å². The quantitative estimate of drug-likeness (QED) is 0.426. The maximum absolute atomic E-state index is 4.85. The molecule has 4 rings (SSSR count). The molecule has 2 aromatic carbocycles. The lowest BCUT2D eigenvalue weighted by Crippen LogP contribution is -1.98. The van der Waals surface area contributed by atoms with Crippen LogP contribution in [0.15, 0.2) is 72.8 Å². The highest BCUT2D eigenvalue weighted by Crippen LogP contribution is 2.34. The average Bonchev–Trinajstić information content (AvgIpc) is 2.83. The van der Waals surface area contributed by atoms with E-state index < -0.39 is 0 Å². The van der Waals surface area contributed by atoms with E-state index in [1.165, 1.54) is 16.7 Å². The van der Waals surface area contributed by atoms with Crippen LogP contribution < -0.4 is 5.32 Å². The molecule has 0 amide bonds. The molecule has 1 N–H and O–H groups in total. The first-order valence-electron chi connectivity index (χ1n) is 9.42. The minimum absolute atomic E-state index is 0.805. The fraction of sp³-hybridized carbons (Fsp3) is 0.115. The largest absolute Gasteiger partial charge is 0.339 e. The molecule has 1 aliphatic carbocycles. The van der Waals surface area contributed by atoms with Gasteiger partial charge >= 0.3 is 0 Å². The summed E-state index contributed by atoms with van der Waals surface area (Å²) in [5.41, 5.74) is 8.68. The Morgan fingerprint density at radius 1 is 0.750 bits per heavy atom. The minimum atomic E-state index is 0.805. The van der Waals surface area contributed by atoms with Crippen molar-refractivity contribution in [2.75, 3.05) is 5.32 Å². The summed E-state index contributed by atoms with van der Waals surface area (Å²) in [4.78, 5) is 4.85. The molecule has 0 fully saturated rings. The van der Waals surface area contributed by atoms with Gasteiger partial charge in [-0.2, -0.15) is 0 Å². The van der Waals surface area contributed by atoms with Gasteiger partial charge in [-0.1, -0.05) is 72.0 Å². The third kappa shape index (κ3) is 3.61. The number of benzene rings is 2. The molecule has 0 saturated heterocycles. The van der Waals surface area contributed by atoms with Crippen LogP contribution in [-0.2, 0) is 0 Å². The van der Waals surface area contributed by atoms with Crippen LogP contribution in [0, 0.1) is 32.6 Å². The molecule has 2 aromatic rings. The topological polar surface area (TPSA) is 24.9 Å². The van der Waals surface area contributed by atoms with Crippen LogP contribution in [0.1, 0.15) is 27.8 Å². The maximum Gasteiger partial charge on any atom is 0.147 e. The van der Waals surface area contributed by atoms with Crippen molar-refractivity contribution >= 4 is 11.5 Å². The van der Waals surface area contributed by atoms with Crippen molar-refractivity contribution in [3.8, 4) is 23.1 Å². The van der Waals surface area contributed by atoms with Gasteiger partial charge in [0, 0.05) is 16.8 Å². The van der Waals surface area contributed by atoms with Crippen LogP contribution in [0.3, 0.4) is 0 Å². The lowest BCUT2D eigenvalue weighted by atomic mass is 10.0. The highest BCUT2D eigenvalue weighted by molar-refractivity contribution is 5.82. The fourth-order valence-corrected chi connectivity index (χ4v) is 3.52. The Balaban J connectivity index is 1.85. The van der Waals surface area contributed by atoms with E-state index >= 15 is 0 Å². The monoisotopic (exact) mass is 362 g/mol. The van der Waals surface area contributed by atoms with Crippen LogP contribution in [-0.4, -0.2) is 4.98 Å². The fourth-order valence-electron chi connectivity index (χ4n) is 3.52. The van der Waals surface area contributed by atoms with Gasteiger partial charge in [0.05, 0.1) is 11.3 Å². The lowest BCUT2D eigenvalue weighted by Gasteiger charge is -2.12. The first-order chi connectivity index (χ1) is 13.6. The van der Waals surface area contributed by atoms with Crippen LogP contribution >= 0.6 is 0 Å². The van der Waals surface area contributed by atoms with Gasteiger partial charge < -0.3 is 5.32 Å². The van der Waals surface area contributed by atoms with Gasteiger partial charge in [0.1, 0.15) is 5.82 Å². The van der Waals surface area contributed by atoms with E-state index in [2.05, 4.69) is 56.1 Å². The molecule has 136 valence electrons. The van der Waals surface area contributed by atoms with Crippen molar-refractivity contribution in [3.05, 3.63) is 101 Å². The third-order valence-electron chi connectivity index (χ3n) is 4.78. The smallest absolute Gasteiger partial charge is 0.147 e. The molecule has 1 heterocycles. The molecule has 0 saturated carbocycles. The predicted molar refractivity (Wildman–Crippen MR) is 117 cm³/mol. The number of aryl methyl sites for hydroxylation is 3. The Morgan fingerprint density at radius 3 is 2.11 bits per heavy atom. The highest BCUT2D eigenvalue weighted by Gasteiger charge is 2.17. The van der Waals surface area contributed by atoms with Gasteiger partial charge in [-0.05, 0) is 50.1 Å². The standard InChI is InChI=1S/C26H22N2/c1-18-16-19(2)25(20(3)17-18)28-26-23(15-14-21-10-6-4-7-11-21)22-12-8-5-9-13-24(22)27-26/h4-13,16-17H,1-3H3,(H,27,28). The summed E-state index contributed by atoms with van der Waals surface area (Å²) in [6.07, 6.45) is 0. The number of hydrogen-bond donors (Lipinski definition) is 1. The van der Waals surface area contributed by atoms with E-state index in [9.17, 15) is 0 Å². The predicted octanol–water partition coefficient (Wildman–Crippen LogP) is 6.26. The number of anilines is 2. The Labute approximate surface area is 166 Å². The van der Waals surface area contributed by atoms with Gasteiger partial charge in [-0.15, -0.1) is 0 Å². The third-order valence-corrected chi connectivity index (χ3v) is 4.78. The molecule has 0 bridgehead atoms. The molecule has 0 radical (unpaired) electrons. The number of hydrogen-bond acceptors (Lipinski definition) is 2. The lowest BCUT2D eigenvalue weighted by molar-refractivity contribution is 1.29. The van der Waals surface area contributed by atoms with Gasteiger partial charge in [0.15, 0.2) is 0 Å². The molecule has 0 spiro atoms. The van der Waals surface area contributed by atoms with Crippen molar-refractivity contribution in [1.82, 2.24) is 4.98 Å². The molecule has 0 atom stereocenters. The SMILES string of the molecule is Cc1cc(C)c(Nc2nc3cccccc-3c2C#Cc2ccccc2)c(C)c1. The number of aromatic nitrogens is 1. The summed E-state index contributed by atoms with van der Waals surface area (Å²) in [7, 11) is 0. The van der Waals surface area contributed by atoms with Gasteiger partial charge in [-0.3, -0.25) is 0 Å². The van der Waals surface area contributed by atoms with Crippen LogP contribution in [0.5, 0.6) is 0 Å². The van der Waals surface area contributed by atoms with Crippen molar-refractivity contribution in [2.45, 2.75) is 20.8 Å². The van der Waals surface area contributed by atoms with Gasteiger partial charge in [0.25, 0.3) is 0 Å². The molecule has 2 heteroatoms. The Hall–Kier alpha value is -3.57. The summed E-state index contributed by atoms with van der Waals surface area (Å²) in [6.45, 7) is 6.37. The van der Waals surface area contributed by atoms with E-state index in [1.54, 1.807) is 0 Å². The van der Waals surface area contributed by atoms with Gasteiger partial charge in [0.2, 0.25) is 0 Å². The molecule has 0 unspecified atom stereocenters. The van der Waals surface area contributed by atoms with E-state index in [4.69, 9.17) is 4.98 Å². The summed E-state index contributed by atoms with van der Waals surface area (Å²) in [5, 5.41) is 3.56. The zero-order chi connectivity index (χ0) is 19.5. The second kappa shape index (κ2) is 7.58. The van der Waals surface area contributed by atoms with Crippen LogP contribution in [0.25, 0.3) is 11.3 Å². The first kappa shape index (κ1) is 17.8. The Kier molecular flexibility index (Phi) is 4.83. The normalized spacial score (nSPS) is 10.4. The Morgan fingerprint density at radius 2 is 1.39 bits per heavy atom. The maximum atomic E-state index is 4.85. The van der Waals surface area contributed by atoms with Gasteiger partial charge in [-0.25, -0.2) is 4.98 Å². The number of rotatable bonds is 2. The van der Waals surface area contributed by atoms with Crippen molar-refractivity contribution < 1.29 is 0 Å². The molecule has 28 heavy (non-hydrogen) atoms. The van der Waals surface area contributed by atoms with E-state index in [1.807, 2.05) is 54.6 Å². The Bertz CT molecular complexity index is 1140. The van der Waals surface area contributed by atoms with Crippen molar-refractivity contribution in [1.29, 1.82) is 0 Å². The summed E-state index contributed by atoms with van der Waals surface area (Å²) in [6, 6.07) is 24.6. The molecular weight excluding hydrogens is 340 g/mol. The zero-order valence-corrected chi connectivity index (χ0v) is 16.4. The van der Waals surface area contributed by atoms with Crippen molar-refractivity contribution in [2.24, 2.45) is 0 Å².